The maximum absolute atomic E-state index is 11.1. The average Bonchev–Trinajstić information content (AvgIpc) is 2.21. The summed E-state index contributed by atoms with van der Waals surface area (Å²) >= 11 is 0. The summed E-state index contributed by atoms with van der Waals surface area (Å²) in [7, 11) is 0. The summed E-state index contributed by atoms with van der Waals surface area (Å²) in [5, 5.41) is 34.7. The van der Waals surface area contributed by atoms with Crippen LogP contribution in [-0.2, 0) is 9.59 Å². The van der Waals surface area contributed by atoms with E-state index in [4.69, 9.17) is 20.4 Å². The molecule has 6 heteroatoms. The topological polar surface area (TPSA) is 115 Å². The van der Waals surface area contributed by atoms with Gasteiger partial charge in [-0.2, -0.15) is 0 Å². The third kappa shape index (κ3) is 4.04. The first-order valence-corrected chi connectivity index (χ1v) is 4.52. The van der Waals surface area contributed by atoms with Gasteiger partial charge in [0.05, 0.1) is 24.4 Å². The molecule has 0 saturated heterocycles. The van der Waals surface area contributed by atoms with Crippen molar-refractivity contribution in [1.82, 2.24) is 0 Å². The van der Waals surface area contributed by atoms with Crippen LogP contribution in [0.25, 0.3) is 0 Å². The van der Waals surface area contributed by atoms with Gasteiger partial charge >= 0.3 is 11.9 Å². The number of aliphatic hydroxyl groups is 2. The van der Waals surface area contributed by atoms with Gasteiger partial charge in [0.2, 0.25) is 0 Å². The molecule has 0 unspecified atom stereocenters. The number of carboxylic acids is 2. The summed E-state index contributed by atoms with van der Waals surface area (Å²) in [4.78, 5) is 21.7. The van der Waals surface area contributed by atoms with Gasteiger partial charge in [0.1, 0.15) is 0 Å². The number of carbonyl (C=O) groups is 2. The predicted molar refractivity (Wildman–Crippen MR) is 55.1 cm³/mol. The Morgan fingerprint density at radius 1 is 1.00 bits per heavy atom. The molecule has 0 aromatic carbocycles. The Balaban J connectivity index is 5.02. The Labute approximate surface area is 92.1 Å². The smallest absolute Gasteiger partial charge is 0.310 e. The maximum Gasteiger partial charge on any atom is 0.310 e. The molecule has 0 aliphatic carbocycles. The molecule has 0 saturated carbocycles. The number of rotatable bonds is 7. The van der Waals surface area contributed by atoms with Crippen molar-refractivity contribution in [3.8, 4) is 0 Å². The first-order chi connectivity index (χ1) is 7.48. The molecule has 6 nitrogen and oxygen atoms in total. The van der Waals surface area contributed by atoms with Crippen LogP contribution in [-0.4, -0.2) is 32.4 Å². The zero-order chi connectivity index (χ0) is 12.6. The monoisotopic (exact) mass is 230 g/mol. The molecular weight excluding hydrogens is 216 g/mol. The van der Waals surface area contributed by atoms with E-state index >= 15 is 0 Å². The van der Waals surface area contributed by atoms with Crippen LogP contribution in [0, 0.1) is 5.41 Å². The van der Waals surface area contributed by atoms with Crippen molar-refractivity contribution >= 4 is 11.9 Å². The number of aliphatic carboxylic acids is 2. The number of allylic oxidation sites excluding steroid dienone is 2. The Kier molecular flexibility index (Phi) is 5.69. The molecule has 0 radical (unpaired) electrons. The van der Waals surface area contributed by atoms with E-state index in [1.165, 1.54) is 12.2 Å². The third-order valence-corrected chi connectivity index (χ3v) is 2.17. The van der Waals surface area contributed by atoms with E-state index in [1.807, 2.05) is 0 Å². The van der Waals surface area contributed by atoms with Gasteiger partial charge in [0, 0.05) is 0 Å². The van der Waals surface area contributed by atoms with Crippen LogP contribution < -0.4 is 0 Å². The summed E-state index contributed by atoms with van der Waals surface area (Å²) in [5.74, 6) is -2.54. The van der Waals surface area contributed by atoms with Crippen molar-refractivity contribution < 1.29 is 30.0 Å². The molecule has 0 aliphatic heterocycles. The molecule has 0 amide bonds. The van der Waals surface area contributed by atoms with Crippen molar-refractivity contribution in [3.63, 3.8) is 0 Å². The van der Waals surface area contributed by atoms with Crippen LogP contribution in [0.2, 0.25) is 0 Å². The molecule has 0 atom stereocenters. The first-order valence-electron chi connectivity index (χ1n) is 4.52. The molecule has 90 valence electrons. The normalized spacial score (nSPS) is 15.2. The number of hydrogen-bond donors (Lipinski definition) is 4. The molecule has 0 bridgehead atoms. The molecule has 16 heavy (non-hydrogen) atoms. The Morgan fingerprint density at radius 2 is 1.44 bits per heavy atom. The zero-order valence-corrected chi connectivity index (χ0v) is 8.54. The van der Waals surface area contributed by atoms with Crippen LogP contribution >= 0.6 is 0 Å². The second-order valence-corrected chi connectivity index (χ2v) is 3.33. The Bertz CT molecular complexity index is 290. The molecule has 0 aromatic heterocycles. The minimum absolute atomic E-state index is 0.129. The zero-order valence-electron chi connectivity index (χ0n) is 8.54. The summed E-state index contributed by atoms with van der Waals surface area (Å²) < 4.78 is 0. The number of hydrogen-bond acceptors (Lipinski definition) is 4. The van der Waals surface area contributed by atoms with Crippen LogP contribution in [0.15, 0.2) is 24.7 Å². The quantitative estimate of drug-likeness (QED) is 0.492. The highest BCUT2D eigenvalue weighted by atomic mass is 16.4. The van der Waals surface area contributed by atoms with E-state index in [0.29, 0.717) is 12.5 Å². The Morgan fingerprint density at radius 3 is 1.69 bits per heavy atom. The molecule has 0 rings (SSSR count). The van der Waals surface area contributed by atoms with Gasteiger partial charge in [-0.1, -0.05) is 0 Å². The van der Waals surface area contributed by atoms with E-state index < -0.39 is 23.8 Å². The van der Waals surface area contributed by atoms with Gasteiger partial charge in [-0.05, 0) is 25.0 Å². The summed E-state index contributed by atoms with van der Waals surface area (Å²) in [6, 6.07) is 0. The molecular formula is C10H14O6. The van der Waals surface area contributed by atoms with Crippen LogP contribution in [0.4, 0.5) is 0 Å². The molecule has 0 heterocycles. The van der Waals surface area contributed by atoms with Crippen LogP contribution in [0.1, 0.15) is 19.3 Å². The van der Waals surface area contributed by atoms with Gasteiger partial charge in [-0.15, -0.1) is 0 Å². The fraction of sp³-hybridized carbons (Fsp3) is 0.400. The Hall–Kier alpha value is -1.98. The fourth-order valence-corrected chi connectivity index (χ4v) is 1.32. The van der Waals surface area contributed by atoms with Gasteiger partial charge < -0.3 is 20.4 Å². The fourth-order valence-electron chi connectivity index (χ4n) is 1.32. The number of aliphatic hydroxyl groups excluding tert-OH is 2. The molecule has 4 N–H and O–H groups in total. The van der Waals surface area contributed by atoms with Gasteiger partial charge in [-0.3, -0.25) is 9.59 Å². The second-order valence-electron chi connectivity index (χ2n) is 3.33. The van der Waals surface area contributed by atoms with E-state index in [2.05, 4.69) is 0 Å². The average molecular weight is 230 g/mol. The molecule has 0 aliphatic rings. The van der Waals surface area contributed by atoms with E-state index in [-0.39, 0.29) is 12.8 Å². The van der Waals surface area contributed by atoms with E-state index in [0.717, 1.165) is 0 Å². The van der Waals surface area contributed by atoms with Crippen molar-refractivity contribution in [3.05, 3.63) is 24.7 Å². The first kappa shape index (κ1) is 14.0. The largest absolute Gasteiger partial charge is 0.516 e. The molecule has 0 aromatic rings. The standard InChI is InChI=1S/C10H14O6/c11-5-1-3-10(9(15)16,4-2-6-12)7-8(13)14/h1-2,5-6,11-12H,3-4,7H2,(H,13,14)(H,15,16). The maximum atomic E-state index is 11.1. The van der Waals surface area contributed by atoms with Gasteiger partial charge in [-0.25, -0.2) is 0 Å². The van der Waals surface area contributed by atoms with Gasteiger partial charge in [0.15, 0.2) is 0 Å². The minimum atomic E-state index is -1.55. The van der Waals surface area contributed by atoms with Crippen molar-refractivity contribution in [2.75, 3.05) is 0 Å². The minimum Gasteiger partial charge on any atom is -0.516 e. The van der Waals surface area contributed by atoms with E-state index in [1.54, 1.807) is 0 Å². The third-order valence-electron chi connectivity index (χ3n) is 2.17. The van der Waals surface area contributed by atoms with Crippen LogP contribution in [0.3, 0.4) is 0 Å². The predicted octanol–water partition coefficient (Wildman–Crippen LogP) is 1.46. The van der Waals surface area contributed by atoms with Crippen molar-refractivity contribution in [2.24, 2.45) is 5.41 Å². The van der Waals surface area contributed by atoms with E-state index in [9.17, 15) is 9.59 Å². The number of carboxylic acid groups (broad SMARTS) is 2. The molecule has 0 spiro atoms. The molecule has 0 fully saturated rings. The summed E-state index contributed by atoms with van der Waals surface area (Å²) in [6.45, 7) is 0. The highest BCUT2D eigenvalue weighted by Gasteiger charge is 2.38. The highest BCUT2D eigenvalue weighted by Crippen LogP contribution is 2.32. The summed E-state index contributed by atoms with van der Waals surface area (Å²) in [5.41, 5.74) is -1.55. The lowest BCUT2D eigenvalue weighted by Crippen LogP contribution is -2.32. The highest BCUT2D eigenvalue weighted by molar-refractivity contribution is 5.81. The van der Waals surface area contributed by atoms with Crippen molar-refractivity contribution in [1.29, 1.82) is 0 Å². The SMILES string of the molecule is O=C(O)CC(CC=CO)(CC=CO)C(=O)O. The van der Waals surface area contributed by atoms with Crippen LogP contribution in [0.5, 0.6) is 0 Å². The lowest BCUT2D eigenvalue weighted by molar-refractivity contribution is -0.155. The van der Waals surface area contributed by atoms with Gasteiger partial charge in [0.25, 0.3) is 0 Å². The van der Waals surface area contributed by atoms with Crippen molar-refractivity contribution in [2.45, 2.75) is 19.3 Å². The summed E-state index contributed by atoms with van der Waals surface area (Å²) in [6.07, 6.45) is 2.83. The lowest BCUT2D eigenvalue weighted by atomic mass is 9.78. The second kappa shape index (κ2) is 6.49. The lowest BCUT2D eigenvalue weighted by Gasteiger charge is -2.24.